The molecule has 5 nitrogen and oxygen atoms in total. The second-order valence-electron chi connectivity index (χ2n) is 5.14. The van der Waals surface area contributed by atoms with Crippen LogP contribution >= 0.6 is 0 Å². The molecule has 0 unspecified atom stereocenters. The number of rotatable bonds is 4. The lowest BCUT2D eigenvalue weighted by Crippen LogP contribution is -2.62. The van der Waals surface area contributed by atoms with Crippen molar-refractivity contribution in [3.05, 3.63) is 65.7 Å². The van der Waals surface area contributed by atoms with Gasteiger partial charge in [0.05, 0.1) is 0 Å². The number of carbonyl (C=O) groups excluding carboxylic acids is 2. The molecule has 2 aromatic carbocycles. The quantitative estimate of drug-likeness (QED) is 0.846. The summed E-state index contributed by atoms with van der Waals surface area (Å²) in [5.74, 6) is 0.268. The molecular weight excluding hydrogens is 280 g/mol. The topological polar surface area (TPSA) is 67.4 Å². The van der Waals surface area contributed by atoms with Crippen LogP contribution in [0.3, 0.4) is 0 Å². The Morgan fingerprint density at radius 2 is 1.77 bits per heavy atom. The number of carbonyl (C=O) groups is 2. The van der Waals surface area contributed by atoms with E-state index in [1.165, 1.54) is 5.56 Å². The van der Waals surface area contributed by atoms with E-state index in [-0.39, 0.29) is 5.91 Å². The first-order valence-corrected chi connectivity index (χ1v) is 7.09. The minimum absolute atomic E-state index is 0.185. The molecule has 1 fully saturated rings. The Balaban J connectivity index is 1.55. The van der Waals surface area contributed by atoms with Gasteiger partial charge in [0.15, 0.2) is 0 Å². The summed E-state index contributed by atoms with van der Waals surface area (Å²) in [5.41, 5.74) is 2.36. The first-order valence-electron chi connectivity index (χ1n) is 7.09. The minimum Gasteiger partial charge on any atom is -0.410 e. The smallest absolute Gasteiger partial charge is 0.410 e. The molecule has 0 bridgehead atoms. The van der Waals surface area contributed by atoms with Crippen molar-refractivity contribution in [1.82, 2.24) is 10.6 Å². The maximum atomic E-state index is 11.6. The van der Waals surface area contributed by atoms with Crippen molar-refractivity contribution in [2.75, 3.05) is 6.54 Å². The van der Waals surface area contributed by atoms with Crippen LogP contribution in [0, 0.1) is 0 Å². The van der Waals surface area contributed by atoms with E-state index in [9.17, 15) is 9.59 Å². The number of benzene rings is 2. The van der Waals surface area contributed by atoms with E-state index >= 15 is 0 Å². The molecular formula is C17H16N2O3. The third-order valence-electron chi connectivity index (χ3n) is 3.47. The minimum atomic E-state index is -0.615. The van der Waals surface area contributed by atoms with Crippen LogP contribution in [0.15, 0.2) is 54.6 Å². The number of hydrogen-bond donors (Lipinski definition) is 2. The molecule has 2 N–H and O–H groups in total. The number of hydrogen-bond acceptors (Lipinski definition) is 3. The molecule has 1 atom stereocenters. The fraction of sp³-hybridized carbons (Fsp3) is 0.176. The zero-order valence-electron chi connectivity index (χ0n) is 11.9. The highest BCUT2D eigenvalue weighted by molar-refractivity contribution is 5.91. The summed E-state index contributed by atoms with van der Waals surface area (Å²) in [5, 5.41) is 5.04. The van der Waals surface area contributed by atoms with Gasteiger partial charge in [0.1, 0.15) is 11.8 Å². The molecule has 1 heterocycles. The SMILES string of the molecule is O=C(N[C@H]1CNC1=O)Oc1ccc(Cc2ccccc2)cc1. The van der Waals surface area contributed by atoms with E-state index in [0.717, 1.165) is 12.0 Å². The zero-order chi connectivity index (χ0) is 15.4. The van der Waals surface area contributed by atoms with Gasteiger partial charge in [-0.3, -0.25) is 4.79 Å². The van der Waals surface area contributed by atoms with Crippen molar-refractivity contribution in [2.24, 2.45) is 0 Å². The average molecular weight is 296 g/mol. The van der Waals surface area contributed by atoms with Gasteiger partial charge in [0.2, 0.25) is 5.91 Å². The van der Waals surface area contributed by atoms with Crippen molar-refractivity contribution in [2.45, 2.75) is 12.5 Å². The molecule has 0 aromatic heterocycles. The van der Waals surface area contributed by atoms with Crippen molar-refractivity contribution < 1.29 is 14.3 Å². The van der Waals surface area contributed by atoms with Crippen molar-refractivity contribution in [3.8, 4) is 5.75 Å². The Hall–Kier alpha value is -2.82. The molecule has 1 saturated heterocycles. The molecule has 0 spiro atoms. The lowest BCUT2D eigenvalue weighted by Gasteiger charge is -2.26. The third-order valence-corrected chi connectivity index (χ3v) is 3.47. The predicted molar refractivity (Wildman–Crippen MR) is 81.6 cm³/mol. The third kappa shape index (κ3) is 3.44. The van der Waals surface area contributed by atoms with Crippen LogP contribution in [0.25, 0.3) is 0 Å². The summed E-state index contributed by atoms with van der Waals surface area (Å²) < 4.78 is 5.14. The van der Waals surface area contributed by atoms with Gasteiger partial charge in [0.25, 0.3) is 0 Å². The molecule has 2 aromatic rings. The van der Waals surface area contributed by atoms with Crippen molar-refractivity contribution >= 4 is 12.0 Å². The molecule has 0 radical (unpaired) electrons. The summed E-state index contributed by atoms with van der Waals surface area (Å²) in [6.07, 6.45) is 0.214. The highest BCUT2D eigenvalue weighted by Crippen LogP contribution is 2.15. The molecule has 0 saturated carbocycles. The Labute approximate surface area is 128 Å². The van der Waals surface area contributed by atoms with E-state index in [2.05, 4.69) is 22.8 Å². The highest BCUT2D eigenvalue weighted by atomic mass is 16.6. The van der Waals surface area contributed by atoms with Crippen molar-refractivity contribution in [3.63, 3.8) is 0 Å². The van der Waals surface area contributed by atoms with Gasteiger partial charge in [-0.05, 0) is 29.7 Å². The van der Waals surface area contributed by atoms with Gasteiger partial charge < -0.3 is 15.4 Å². The predicted octanol–water partition coefficient (Wildman–Crippen LogP) is 1.86. The van der Waals surface area contributed by atoms with Crippen LogP contribution in [-0.2, 0) is 11.2 Å². The zero-order valence-corrected chi connectivity index (χ0v) is 11.9. The summed E-state index contributed by atoms with van der Waals surface area (Å²) in [6, 6.07) is 17.0. The standard InChI is InChI=1S/C17H16N2O3/c20-16-15(11-18-16)19-17(21)22-14-8-6-13(7-9-14)10-12-4-2-1-3-5-12/h1-9,15H,10-11H2,(H,18,20)(H,19,21)/t15-/m0/s1. The monoisotopic (exact) mass is 296 g/mol. The van der Waals surface area contributed by atoms with Crippen LogP contribution < -0.4 is 15.4 Å². The highest BCUT2D eigenvalue weighted by Gasteiger charge is 2.29. The van der Waals surface area contributed by atoms with E-state index < -0.39 is 12.1 Å². The Morgan fingerprint density at radius 1 is 1.09 bits per heavy atom. The Morgan fingerprint density at radius 3 is 2.36 bits per heavy atom. The van der Waals surface area contributed by atoms with E-state index in [4.69, 9.17) is 4.74 Å². The van der Waals surface area contributed by atoms with Crippen LogP contribution in [0.2, 0.25) is 0 Å². The van der Waals surface area contributed by atoms with Gasteiger partial charge in [0, 0.05) is 6.54 Å². The molecule has 112 valence electrons. The van der Waals surface area contributed by atoms with Crippen LogP contribution in [0.5, 0.6) is 5.75 Å². The number of amides is 2. The fourth-order valence-electron chi connectivity index (χ4n) is 2.19. The number of ether oxygens (including phenoxy) is 1. The van der Waals surface area contributed by atoms with Crippen LogP contribution in [0.4, 0.5) is 4.79 Å². The summed E-state index contributed by atoms with van der Waals surface area (Å²) >= 11 is 0. The number of nitrogens with one attached hydrogen (secondary N) is 2. The van der Waals surface area contributed by atoms with Gasteiger partial charge in [-0.15, -0.1) is 0 Å². The Kier molecular flexibility index (Phi) is 4.05. The maximum absolute atomic E-state index is 11.6. The largest absolute Gasteiger partial charge is 0.413 e. The molecule has 1 aliphatic rings. The molecule has 22 heavy (non-hydrogen) atoms. The fourth-order valence-corrected chi connectivity index (χ4v) is 2.19. The summed E-state index contributed by atoms with van der Waals surface area (Å²) in [7, 11) is 0. The normalized spacial score (nSPS) is 16.4. The molecule has 3 rings (SSSR count). The van der Waals surface area contributed by atoms with E-state index in [0.29, 0.717) is 12.3 Å². The van der Waals surface area contributed by atoms with Gasteiger partial charge in [-0.2, -0.15) is 0 Å². The number of β-lactam (4-membered cyclic amide) rings is 1. The van der Waals surface area contributed by atoms with Crippen LogP contribution in [-0.4, -0.2) is 24.6 Å². The van der Waals surface area contributed by atoms with Crippen molar-refractivity contribution in [1.29, 1.82) is 0 Å². The Bertz CT molecular complexity index is 668. The first kappa shape index (κ1) is 14.1. The molecule has 2 amide bonds. The van der Waals surface area contributed by atoms with Gasteiger partial charge in [-0.25, -0.2) is 4.79 Å². The van der Waals surface area contributed by atoms with Gasteiger partial charge in [-0.1, -0.05) is 42.5 Å². The second-order valence-corrected chi connectivity index (χ2v) is 5.14. The van der Waals surface area contributed by atoms with Crippen LogP contribution in [0.1, 0.15) is 11.1 Å². The molecule has 5 heteroatoms. The summed E-state index contributed by atoms with van der Waals surface area (Å²) in [4.78, 5) is 22.7. The first-order chi connectivity index (χ1) is 10.7. The lowest BCUT2D eigenvalue weighted by atomic mass is 10.1. The molecule has 1 aliphatic heterocycles. The maximum Gasteiger partial charge on any atom is 0.413 e. The average Bonchev–Trinajstić information content (AvgIpc) is 2.54. The van der Waals surface area contributed by atoms with Gasteiger partial charge >= 0.3 is 6.09 Å². The second kappa shape index (κ2) is 6.30. The van der Waals surface area contributed by atoms with E-state index in [1.807, 2.05) is 30.3 Å². The van der Waals surface area contributed by atoms with E-state index in [1.54, 1.807) is 12.1 Å². The summed E-state index contributed by atoms with van der Waals surface area (Å²) in [6.45, 7) is 0.448. The lowest BCUT2D eigenvalue weighted by molar-refractivity contribution is -0.128. The molecule has 0 aliphatic carbocycles.